The summed E-state index contributed by atoms with van der Waals surface area (Å²) in [6, 6.07) is 30.7. The fraction of sp³-hybridized carbons (Fsp3) is 0.423. The minimum absolute atomic E-state index is 0.0922. The summed E-state index contributed by atoms with van der Waals surface area (Å²) in [4.78, 5) is 27.7. The van der Waals surface area contributed by atoms with E-state index >= 15 is 0 Å². The van der Waals surface area contributed by atoms with E-state index in [0.29, 0.717) is 0 Å². The van der Waals surface area contributed by atoms with E-state index in [4.69, 9.17) is 17.0 Å². The van der Waals surface area contributed by atoms with Crippen molar-refractivity contribution in [3.8, 4) is 22.3 Å². The predicted octanol–water partition coefficient (Wildman–Crippen LogP) is 14.6. The molecular weight excluding hydrogens is 858 g/mol. The molecule has 0 saturated heterocycles. The Balaban J connectivity index is 1.73. The molecule has 6 rings (SSSR count). The monoisotopic (exact) mass is 921 g/mol. The fourth-order valence-electron chi connectivity index (χ4n) is 9.98. The van der Waals surface area contributed by atoms with Crippen LogP contribution in [0.1, 0.15) is 161 Å². The fourth-order valence-corrected chi connectivity index (χ4v) is 30.7. The first kappa shape index (κ1) is 46.3. The van der Waals surface area contributed by atoms with Crippen molar-refractivity contribution >= 4 is 45.5 Å². The number of unbranched alkanes of at least 4 members (excludes halogenated alkanes) is 2. The van der Waals surface area contributed by atoms with Crippen LogP contribution in [0.25, 0.3) is 34.4 Å². The molecule has 4 aromatic rings. The van der Waals surface area contributed by atoms with Crippen molar-refractivity contribution in [3.63, 3.8) is 0 Å². The summed E-state index contributed by atoms with van der Waals surface area (Å²) in [6.07, 6.45) is 10.8. The van der Waals surface area contributed by atoms with Crippen LogP contribution in [0, 0.1) is 0 Å². The zero-order chi connectivity index (χ0) is 43.6. The molecule has 0 heterocycles. The molecule has 4 nitrogen and oxygen atoms in total. The second-order valence-electron chi connectivity index (χ2n) is 19.2. The molecule has 2 N–H and O–H groups in total. The third-order valence-corrected chi connectivity index (χ3v) is 32.8. The molecule has 8 heteroatoms. The van der Waals surface area contributed by atoms with E-state index in [1.165, 1.54) is 33.4 Å². The van der Waals surface area contributed by atoms with E-state index in [2.05, 4.69) is 163 Å². The number of benzene rings is 4. The van der Waals surface area contributed by atoms with Crippen LogP contribution in [0.4, 0.5) is 0 Å². The van der Waals surface area contributed by atoms with Crippen LogP contribution in [-0.2, 0) is 36.6 Å². The van der Waals surface area contributed by atoms with Crippen LogP contribution in [0.2, 0.25) is 0 Å². The number of fused-ring (bicyclic) bond motifs is 2. The maximum absolute atomic E-state index is 13.9. The molecule has 0 radical (unpaired) electrons. The summed E-state index contributed by atoms with van der Waals surface area (Å²) >= 11 is -6.07. The van der Waals surface area contributed by atoms with Crippen molar-refractivity contribution in [2.24, 2.45) is 0 Å². The second-order valence-corrected chi connectivity index (χ2v) is 40.6. The van der Waals surface area contributed by atoms with Crippen LogP contribution >= 0.6 is 17.0 Å². The number of carbonyl (C=O) groups excluding carboxylic acids is 2. The van der Waals surface area contributed by atoms with Gasteiger partial charge in [-0.2, -0.15) is 0 Å². The van der Waals surface area contributed by atoms with Crippen LogP contribution in [-0.4, -0.2) is 16.3 Å². The first-order valence-corrected chi connectivity index (χ1v) is 33.0. The molecule has 0 saturated carbocycles. The molecule has 317 valence electrons. The zero-order valence-electron chi connectivity index (χ0n) is 37.7. The molecule has 2 amide bonds. The molecule has 0 bridgehead atoms. The van der Waals surface area contributed by atoms with Gasteiger partial charge in [0.1, 0.15) is 0 Å². The Morgan fingerprint density at radius 2 is 0.933 bits per heavy atom. The van der Waals surface area contributed by atoms with Gasteiger partial charge in [0.15, 0.2) is 0 Å². The van der Waals surface area contributed by atoms with Crippen LogP contribution in [0.3, 0.4) is 0 Å². The Morgan fingerprint density at radius 3 is 1.28 bits per heavy atom. The van der Waals surface area contributed by atoms with Gasteiger partial charge in [0.2, 0.25) is 0 Å². The van der Waals surface area contributed by atoms with Crippen molar-refractivity contribution < 1.29 is 25.8 Å². The zero-order valence-corrected chi connectivity index (χ0v) is 41.7. The molecule has 2 aliphatic rings. The Labute approximate surface area is 369 Å². The molecule has 2 aliphatic carbocycles. The van der Waals surface area contributed by atoms with Gasteiger partial charge in [-0.15, -0.1) is 0 Å². The number of hydrogen-bond donors (Lipinski definition) is 2. The molecule has 2 atom stereocenters. The first-order chi connectivity index (χ1) is 28.4. The van der Waals surface area contributed by atoms with Crippen LogP contribution < -0.4 is 10.5 Å². The molecule has 0 fully saturated rings. The summed E-state index contributed by atoms with van der Waals surface area (Å²) in [5, 5.41) is 6.67. The molecule has 0 spiro atoms. The van der Waals surface area contributed by atoms with Gasteiger partial charge >= 0.3 is 372 Å². The number of amides is 2. The summed E-state index contributed by atoms with van der Waals surface area (Å²) in [6.45, 7) is 21.7. The van der Waals surface area contributed by atoms with Gasteiger partial charge in [-0.1, -0.05) is 0 Å². The summed E-state index contributed by atoms with van der Waals surface area (Å²) < 4.78 is -1.75. The quantitative estimate of drug-likeness (QED) is 0.117. The number of rotatable bonds is 15. The third-order valence-electron chi connectivity index (χ3n) is 12.9. The number of halogens is 2. The van der Waals surface area contributed by atoms with Crippen molar-refractivity contribution in [3.05, 3.63) is 129 Å². The van der Waals surface area contributed by atoms with Gasteiger partial charge in [-0.25, -0.2) is 0 Å². The van der Waals surface area contributed by atoms with E-state index in [-0.39, 0.29) is 35.5 Å². The van der Waals surface area contributed by atoms with Crippen molar-refractivity contribution in [1.82, 2.24) is 10.5 Å². The number of allylic oxidation sites excluding steroid dienone is 2. The summed E-state index contributed by atoms with van der Waals surface area (Å²) in [5.74, 6) is -0.373. The molecule has 60 heavy (non-hydrogen) atoms. The molecule has 2 unspecified atom stereocenters. The SMILES string of the molecule is CCCCC1=Cc2c(-c3ccccc3C(C)(C)C)cccc2[CH]1[Zr]([Cl])([Cl])([B](NC(=O)CC)NC(=O)CC)[CH]1C(CCCC)=Cc2c(-c3ccccc3C(C)(C)C)cccc21. The van der Waals surface area contributed by atoms with Gasteiger partial charge in [0.25, 0.3) is 0 Å². The van der Waals surface area contributed by atoms with Gasteiger partial charge in [0, 0.05) is 0 Å². The molecular formula is C52H66BCl2N2O2Zr. The first-order valence-electron chi connectivity index (χ1n) is 22.4. The average molecular weight is 924 g/mol. The Bertz CT molecular complexity index is 2160. The van der Waals surface area contributed by atoms with Crippen molar-refractivity contribution in [2.45, 2.75) is 139 Å². The number of carbonyl (C=O) groups is 2. The second kappa shape index (κ2) is 18.3. The van der Waals surface area contributed by atoms with Crippen molar-refractivity contribution in [2.75, 3.05) is 0 Å². The third kappa shape index (κ3) is 8.74. The van der Waals surface area contributed by atoms with E-state index in [1.807, 2.05) is 13.8 Å². The van der Waals surface area contributed by atoms with Crippen LogP contribution in [0.5, 0.6) is 0 Å². The van der Waals surface area contributed by atoms with Gasteiger partial charge in [0.05, 0.1) is 0 Å². The van der Waals surface area contributed by atoms with Gasteiger partial charge < -0.3 is 0 Å². The summed E-state index contributed by atoms with van der Waals surface area (Å²) in [5.41, 5.74) is 13.9. The predicted molar refractivity (Wildman–Crippen MR) is 256 cm³/mol. The topological polar surface area (TPSA) is 58.2 Å². The minimum atomic E-state index is -6.07. The van der Waals surface area contributed by atoms with E-state index < -0.39 is 27.9 Å². The normalized spacial score (nSPS) is 16.9. The molecule has 0 aliphatic heterocycles. The van der Waals surface area contributed by atoms with E-state index in [0.717, 1.165) is 71.9 Å². The van der Waals surface area contributed by atoms with E-state index in [9.17, 15) is 9.59 Å². The van der Waals surface area contributed by atoms with Gasteiger partial charge in [-0.05, 0) is 0 Å². The standard InChI is InChI=1S/2C23H27.C6H11BN2O2.2ClH.Zr/c2*1-5-6-10-17-15-18-11-9-13-19(21(18)16-17)20-12-7-8-14-22(20)23(2,3)4;1-3-5(10)8-7-9-6(11)4-2;;;/h2*7-9,11-16H,5-6,10H2,1-4H3;3-4H2,1-2H3,(H-,8,9,10,11);2*1H;/q;;;;;+1/p-1. The molecule has 4 aromatic carbocycles. The van der Waals surface area contributed by atoms with E-state index in [1.54, 1.807) is 0 Å². The Hall–Kier alpha value is -3.17. The van der Waals surface area contributed by atoms with Gasteiger partial charge in [-0.3, -0.25) is 0 Å². The number of hydrogen-bond acceptors (Lipinski definition) is 2. The molecule has 0 aromatic heterocycles. The Morgan fingerprint density at radius 1 is 0.567 bits per heavy atom. The Kier molecular flexibility index (Phi) is 14.1. The average Bonchev–Trinajstić information content (AvgIpc) is 3.81. The summed E-state index contributed by atoms with van der Waals surface area (Å²) in [7, 11) is 18.1. The van der Waals surface area contributed by atoms with Crippen molar-refractivity contribution in [1.29, 1.82) is 0 Å². The van der Waals surface area contributed by atoms with Crippen LogP contribution in [0.15, 0.2) is 96.1 Å². The number of nitrogens with one attached hydrogen (secondary N) is 2. The maximum atomic E-state index is 13.9.